The molecule has 0 fully saturated rings. The average molecular weight is 419 g/mol. The van der Waals surface area contributed by atoms with Crippen LogP contribution >= 0.6 is 22.6 Å². The number of carbonyl (C=O) groups is 2. The van der Waals surface area contributed by atoms with E-state index in [4.69, 9.17) is 11.5 Å². The molecular weight excluding hydrogens is 410 g/mol. The third-order valence-corrected chi connectivity index (χ3v) is 4.76. The molecule has 0 aliphatic heterocycles. The van der Waals surface area contributed by atoms with E-state index in [0.29, 0.717) is 13.6 Å². The van der Waals surface area contributed by atoms with Gasteiger partial charge in [0.1, 0.15) is 0 Å². The van der Waals surface area contributed by atoms with Crippen molar-refractivity contribution in [3.63, 3.8) is 0 Å². The van der Waals surface area contributed by atoms with Crippen molar-refractivity contribution in [1.82, 2.24) is 0 Å². The Kier molecular flexibility index (Phi) is 3.93. The number of nitrogens with two attached hydrogens (primary N) is 2. The minimum atomic E-state index is -0.506. The van der Waals surface area contributed by atoms with Gasteiger partial charge in [0, 0.05) is 0 Å². The first-order valence-electron chi connectivity index (χ1n) is 3.67. The summed E-state index contributed by atoms with van der Waals surface area (Å²) in [5.74, 6) is -0.517. The molecule has 0 heterocycles. The zero-order valence-electron chi connectivity index (χ0n) is 7.43. The number of hydrogen-bond acceptors (Lipinski definition) is 4. The summed E-state index contributed by atoms with van der Waals surface area (Å²) in [5.41, 5.74) is 11.7. The minimum absolute atomic E-state index is 0.0788. The molecule has 4 nitrogen and oxygen atoms in total. The van der Waals surface area contributed by atoms with Crippen LogP contribution in [0.5, 0.6) is 0 Å². The molecule has 0 aromatic heterocycles. The first kappa shape index (κ1) is 12.0. The van der Waals surface area contributed by atoms with Gasteiger partial charge in [-0.25, -0.2) is 0 Å². The van der Waals surface area contributed by atoms with Gasteiger partial charge >= 0.3 is 106 Å². The second-order valence-corrected chi connectivity index (χ2v) is 5.52. The van der Waals surface area contributed by atoms with Crippen LogP contribution in [0.2, 0.25) is 0 Å². The first-order valence-corrected chi connectivity index (χ1v) is 8.44. The summed E-state index contributed by atoms with van der Waals surface area (Å²) in [4.78, 5) is 25.1. The van der Waals surface area contributed by atoms with Crippen LogP contribution in [-0.4, -0.2) is 20.9 Å². The van der Waals surface area contributed by atoms with Gasteiger partial charge < -0.3 is 0 Å². The maximum atomic E-state index is 11.6. The van der Waals surface area contributed by atoms with E-state index in [1.807, 2.05) is 27.5 Å². The van der Waals surface area contributed by atoms with Crippen LogP contribution in [-0.2, 0) is 9.59 Å². The number of allylic oxidation sites excluding steroid dienone is 2. The van der Waals surface area contributed by atoms with E-state index in [-0.39, 0.29) is 23.0 Å². The van der Waals surface area contributed by atoms with Gasteiger partial charge in [-0.3, -0.25) is 0 Å². The molecule has 1 rings (SSSR count). The predicted molar refractivity (Wildman–Crippen MR) is 57.3 cm³/mol. The predicted octanol–water partition coefficient (Wildman–Crippen LogP) is -3.32. The summed E-state index contributed by atoms with van der Waals surface area (Å²) in [5, 5.41) is 0. The summed E-state index contributed by atoms with van der Waals surface area (Å²) in [6.07, 6.45) is 0. The van der Waals surface area contributed by atoms with Crippen molar-refractivity contribution in [1.29, 1.82) is 0 Å². The summed E-state index contributed by atoms with van der Waals surface area (Å²) in [6, 6.07) is 0. The van der Waals surface area contributed by atoms with Crippen molar-refractivity contribution in [2.45, 2.75) is 0 Å². The van der Waals surface area contributed by atoms with E-state index in [1.165, 1.54) is 0 Å². The third-order valence-electron chi connectivity index (χ3n) is 1.85. The van der Waals surface area contributed by atoms with E-state index in [9.17, 15) is 9.59 Å². The Bertz CT molecular complexity index is 336. The number of hydrogen-bond donors (Lipinski definition) is 2. The fourth-order valence-electron chi connectivity index (χ4n) is 1.08. The SMILES string of the molecule is C[I-]C1=C(N)C(=O)C(CI)=C(N)C1=O. The maximum absolute atomic E-state index is 11.6. The van der Waals surface area contributed by atoms with Crippen LogP contribution in [0, 0.1) is 0 Å². The molecule has 1 aliphatic carbocycles. The molecule has 0 spiro atoms. The van der Waals surface area contributed by atoms with Gasteiger partial charge in [-0.15, -0.1) is 0 Å². The zero-order chi connectivity index (χ0) is 10.9. The second kappa shape index (κ2) is 4.60. The molecule has 0 amide bonds. The van der Waals surface area contributed by atoms with E-state index < -0.39 is 21.2 Å². The van der Waals surface area contributed by atoms with E-state index in [2.05, 4.69) is 0 Å². The van der Waals surface area contributed by atoms with Gasteiger partial charge in [0.2, 0.25) is 0 Å². The van der Waals surface area contributed by atoms with Crippen molar-refractivity contribution >= 4 is 34.2 Å². The third kappa shape index (κ3) is 1.81. The van der Waals surface area contributed by atoms with Gasteiger partial charge in [-0.2, -0.15) is 0 Å². The standard InChI is InChI=1S/C8H9I2N2O2/c1-10-4-6(12)7(13)3(2-9)5(11)8(4)14/h2,11-12H2,1H3/q-1. The van der Waals surface area contributed by atoms with Crippen LogP contribution in [0.1, 0.15) is 0 Å². The number of rotatable bonds is 2. The quantitative estimate of drug-likeness (QED) is 0.279. The van der Waals surface area contributed by atoms with E-state index in [0.717, 1.165) is 0 Å². The number of Topliss-reactive ketones (excluding diaryl/α,β-unsaturated/α-hetero) is 2. The van der Waals surface area contributed by atoms with E-state index >= 15 is 0 Å². The van der Waals surface area contributed by atoms with Crippen molar-refractivity contribution in [3.8, 4) is 0 Å². The van der Waals surface area contributed by atoms with Gasteiger partial charge in [-0.05, 0) is 0 Å². The van der Waals surface area contributed by atoms with Crippen LogP contribution in [0.15, 0.2) is 20.5 Å². The summed E-state index contributed by atoms with van der Waals surface area (Å²) >= 11 is 1.49. The van der Waals surface area contributed by atoms with Crippen molar-refractivity contribution < 1.29 is 30.8 Å². The molecule has 1 aliphatic rings. The Hall–Kier alpha value is -0.120. The molecule has 78 valence electrons. The summed E-state index contributed by atoms with van der Waals surface area (Å²) in [7, 11) is 0. The molecule has 0 atom stereocenters. The molecule has 0 aromatic carbocycles. The number of carbonyl (C=O) groups excluding carboxylic acids is 2. The molecular formula is C8H9I2N2O2-. The monoisotopic (exact) mass is 419 g/mol. The average Bonchev–Trinajstić information content (AvgIpc) is 2.17. The number of halogens is 2. The van der Waals surface area contributed by atoms with Crippen LogP contribution in [0.25, 0.3) is 0 Å². The van der Waals surface area contributed by atoms with Gasteiger partial charge in [0.25, 0.3) is 0 Å². The summed E-state index contributed by atoms with van der Waals surface area (Å²) in [6.45, 7) is 0. The number of ketones is 2. The second-order valence-electron chi connectivity index (χ2n) is 2.60. The van der Waals surface area contributed by atoms with Crippen LogP contribution in [0.4, 0.5) is 0 Å². The molecule has 0 radical (unpaired) electrons. The van der Waals surface area contributed by atoms with Gasteiger partial charge in [0.15, 0.2) is 0 Å². The van der Waals surface area contributed by atoms with Crippen molar-refractivity contribution in [2.75, 3.05) is 9.36 Å². The fourth-order valence-corrected chi connectivity index (χ4v) is 3.45. The van der Waals surface area contributed by atoms with Gasteiger partial charge in [-0.1, -0.05) is 0 Å². The molecule has 6 heteroatoms. The molecule has 0 bridgehead atoms. The fraction of sp³-hybridized carbons (Fsp3) is 0.250. The normalized spacial score (nSPS) is 18.4. The molecule has 0 saturated carbocycles. The zero-order valence-corrected chi connectivity index (χ0v) is 11.7. The molecule has 14 heavy (non-hydrogen) atoms. The van der Waals surface area contributed by atoms with Crippen LogP contribution < -0.4 is 32.7 Å². The van der Waals surface area contributed by atoms with Crippen molar-refractivity contribution in [3.05, 3.63) is 20.5 Å². The van der Waals surface area contributed by atoms with Crippen LogP contribution in [0.3, 0.4) is 0 Å². The Balaban J connectivity index is 3.28. The topological polar surface area (TPSA) is 86.2 Å². The number of alkyl halides is 2. The molecule has 0 unspecified atom stereocenters. The first-order chi connectivity index (χ1) is 6.54. The summed E-state index contributed by atoms with van der Waals surface area (Å²) < 4.78 is 0.865. The Morgan fingerprint density at radius 3 is 2.21 bits per heavy atom. The molecule has 4 N–H and O–H groups in total. The molecule has 0 aromatic rings. The van der Waals surface area contributed by atoms with Gasteiger partial charge in [0.05, 0.1) is 0 Å². The van der Waals surface area contributed by atoms with Crippen molar-refractivity contribution in [2.24, 2.45) is 11.5 Å². The molecule has 0 saturated heterocycles. The Morgan fingerprint density at radius 1 is 1.21 bits per heavy atom. The Labute approximate surface area is 106 Å². The van der Waals surface area contributed by atoms with E-state index in [1.54, 1.807) is 0 Å². The Morgan fingerprint density at radius 2 is 1.79 bits per heavy atom.